The SMILES string of the molecule is CCCC(=O)c1nc2n(n1)C(c1ccccc1)CC2C.CN1C(=O)CCCn2nccc21. The topological polar surface area (TPSA) is 85.9 Å². The molecule has 0 fully saturated rings. The number of aromatic nitrogens is 5. The van der Waals surface area contributed by atoms with Crippen LogP contribution in [0.15, 0.2) is 42.6 Å². The van der Waals surface area contributed by atoms with E-state index in [2.05, 4.69) is 34.2 Å². The maximum absolute atomic E-state index is 12.0. The second-order valence-corrected chi connectivity index (χ2v) is 8.44. The number of Topliss-reactive ketones (excluding diaryl/α,β-unsaturated/α-hetero) is 1. The second-order valence-electron chi connectivity index (χ2n) is 8.44. The highest BCUT2D eigenvalue weighted by molar-refractivity contribution is 5.92. The van der Waals surface area contributed by atoms with Crippen LogP contribution in [-0.2, 0) is 11.3 Å². The maximum atomic E-state index is 12.0. The Morgan fingerprint density at radius 3 is 2.72 bits per heavy atom. The summed E-state index contributed by atoms with van der Waals surface area (Å²) in [6, 6.07) is 12.4. The summed E-state index contributed by atoms with van der Waals surface area (Å²) in [6.45, 7) is 4.99. The highest BCUT2D eigenvalue weighted by atomic mass is 16.2. The van der Waals surface area contributed by atoms with E-state index in [0.29, 0.717) is 24.6 Å². The first kappa shape index (κ1) is 21.9. The van der Waals surface area contributed by atoms with Crippen molar-refractivity contribution in [3.63, 3.8) is 0 Å². The van der Waals surface area contributed by atoms with Crippen LogP contribution in [0.4, 0.5) is 5.82 Å². The zero-order valence-electron chi connectivity index (χ0n) is 18.9. The van der Waals surface area contributed by atoms with E-state index in [4.69, 9.17) is 0 Å². The fourth-order valence-corrected chi connectivity index (χ4v) is 4.31. The number of anilines is 1. The zero-order chi connectivity index (χ0) is 22.7. The molecular weight excluding hydrogens is 404 g/mol. The van der Waals surface area contributed by atoms with E-state index in [1.807, 2.05) is 40.6 Å². The fourth-order valence-electron chi connectivity index (χ4n) is 4.31. The number of amides is 1. The third kappa shape index (κ3) is 4.35. The van der Waals surface area contributed by atoms with Crippen LogP contribution in [0.3, 0.4) is 0 Å². The van der Waals surface area contributed by atoms with Gasteiger partial charge in [0.05, 0.1) is 12.2 Å². The van der Waals surface area contributed by atoms with Crippen LogP contribution in [0.2, 0.25) is 0 Å². The summed E-state index contributed by atoms with van der Waals surface area (Å²) in [7, 11) is 1.79. The molecule has 2 aromatic heterocycles. The number of rotatable bonds is 4. The lowest BCUT2D eigenvalue weighted by Gasteiger charge is -2.13. The lowest BCUT2D eigenvalue weighted by molar-refractivity contribution is -0.118. The molecule has 0 saturated carbocycles. The number of carbonyl (C=O) groups is 2. The molecule has 5 rings (SSSR count). The molecule has 2 atom stereocenters. The van der Waals surface area contributed by atoms with Gasteiger partial charge in [0.1, 0.15) is 11.6 Å². The average Bonchev–Trinajstić information content (AvgIpc) is 3.49. The molecule has 4 heterocycles. The van der Waals surface area contributed by atoms with Gasteiger partial charge in [-0.1, -0.05) is 44.2 Å². The lowest BCUT2D eigenvalue weighted by Crippen LogP contribution is -2.25. The number of benzene rings is 1. The van der Waals surface area contributed by atoms with Crippen LogP contribution in [-0.4, -0.2) is 43.3 Å². The Bertz CT molecular complexity index is 1090. The Kier molecular flexibility index (Phi) is 6.48. The summed E-state index contributed by atoms with van der Waals surface area (Å²) < 4.78 is 3.81. The molecule has 0 radical (unpaired) electrons. The normalized spacial score (nSPS) is 19.6. The van der Waals surface area contributed by atoms with Crippen molar-refractivity contribution < 1.29 is 9.59 Å². The predicted octanol–water partition coefficient (Wildman–Crippen LogP) is 4.00. The molecule has 3 aromatic rings. The minimum atomic E-state index is 0.0495. The average molecular weight is 435 g/mol. The third-order valence-electron chi connectivity index (χ3n) is 6.05. The third-order valence-corrected chi connectivity index (χ3v) is 6.05. The van der Waals surface area contributed by atoms with Crippen LogP contribution < -0.4 is 4.90 Å². The van der Waals surface area contributed by atoms with Crippen LogP contribution in [0.5, 0.6) is 0 Å². The molecule has 2 aliphatic heterocycles. The van der Waals surface area contributed by atoms with E-state index in [1.54, 1.807) is 18.1 Å². The maximum Gasteiger partial charge on any atom is 0.227 e. The van der Waals surface area contributed by atoms with E-state index in [0.717, 1.165) is 37.4 Å². The summed E-state index contributed by atoms with van der Waals surface area (Å²) >= 11 is 0. The molecular formula is C24H30N6O2. The molecule has 8 heteroatoms. The van der Waals surface area contributed by atoms with Gasteiger partial charge in [0.15, 0.2) is 0 Å². The molecule has 0 saturated heterocycles. The molecule has 1 amide bonds. The summed E-state index contributed by atoms with van der Waals surface area (Å²) in [6.07, 6.45) is 5.60. The number of hydrogen-bond donors (Lipinski definition) is 0. The Morgan fingerprint density at radius 2 is 1.97 bits per heavy atom. The number of nitrogens with zero attached hydrogens (tertiary/aromatic N) is 6. The Morgan fingerprint density at radius 1 is 1.19 bits per heavy atom. The Hall–Kier alpha value is -3.29. The van der Waals surface area contributed by atoms with E-state index >= 15 is 0 Å². The van der Waals surface area contributed by atoms with E-state index in [9.17, 15) is 9.59 Å². The van der Waals surface area contributed by atoms with Gasteiger partial charge < -0.3 is 4.90 Å². The predicted molar refractivity (Wildman–Crippen MR) is 122 cm³/mol. The van der Waals surface area contributed by atoms with Gasteiger partial charge in [-0.3, -0.25) is 9.59 Å². The van der Waals surface area contributed by atoms with Crippen molar-refractivity contribution in [2.24, 2.45) is 0 Å². The molecule has 0 N–H and O–H groups in total. The van der Waals surface area contributed by atoms with Crippen LogP contribution in [0.25, 0.3) is 0 Å². The van der Waals surface area contributed by atoms with Gasteiger partial charge in [-0.15, -0.1) is 5.10 Å². The van der Waals surface area contributed by atoms with Crippen LogP contribution in [0, 0.1) is 0 Å². The molecule has 32 heavy (non-hydrogen) atoms. The summed E-state index contributed by atoms with van der Waals surface area (Å²) in [5.74, 6) is 2.80. The fraction of sp³-hybridized carbons (Fsp3) is 0.458. The summed E-state index contributed by atoms with van der Waals surface area (Å²) in [5.41, 5.74) is 1.23. The van der Waals surface area contributed by atoms with Gasteiger partial charge in [-0.2, -0.15) is 5.10 Å². The number of aryl methyl sites for hydroxylation is 1. The first-order chi connectivity index (χ1) is 15.5. The van der Waals surface area contributed by atoms with Gasteiger partial charge in [0, 0.05) is 38.4 Å². The Labute approximate surface area is 188 Å². The van der Waals surface area contributed by atoms with Crippen molar-refractivity contribution in [2.75, 3.05) is 11.9 Å². The summed E-state index contributed by atoms with van der Waals surface area (Å²) in [4.78, 5) is 29.5. The van der Waals surface area contributed by atoms with Crippen molar-refractivity contribution in [1.82, 2.24) is 24.5 Å². The highest BCUT2D eigenvalue weighted by Gasteiger charge is 2.33. The Balaban J connectivity index is 0.000000174. The molecule has 0 aliphatic carbocycles. The van der Waals surface area contributed by atoms with Crippen LogP contribution >= 0.6 is 0 Å². The van der Waals surface area contributed by atoms with Crippen molar-refractivity contribution in [2.45, 2.75) is 64.5 Å². The molecule has 8 nitrogen and oxygen atoms in total. The minimum Gasteiger partial charge on any atom is -0.300 e. The zero-order valence-corrected chi connectivity index (χ0v) is 18.9. The standard InChI is InChI=1S/C16H19N3O.C8H11N3O/c1-3-7-14(20)15-17-16-11(2)10-13(19(16)18-15)12-8-5-4-6-9-12;1-10-7-4-5-9-11(7)6-2-3-8(10)12/h4-6,8-9,11,13H,3,7,10H2,1-2H3;4-5H,2-3,6H2,1H3. The molecule has 0 spiro atoms. The van der Waals surface area contributed by atoms with Gasteiger partial charge in [0.2, 0.25) is 17.5 Å². The molecule has 2 unspecified atom stereocenters. The highest BCUT2D eigenvalue weighted by Crippen LogP contribution is 2.38. The number of fused-ring (bicyclic) bond motifs is 2. The van der Waals surface area contributed by atoms with Gasteiger partial charge in [0.25, 0.3) is 0 Å². The van der Waals surface area contributed by atoms with Crippen molar-refractivity contribution >= 4 is 17.5 Å². The number of carbonyl (C=O) groups excluding carboxylic acids is 2. The van der Waals surface area contributed by atoms with E-state index in [1.165, 1.54) is 5.56 Å². The van der Waals surface area contributed by atoms with Gasteiger partial charge >= 0.3 is 0 Å². The van der Waals surface area contributed by atoms with Gasteiger partial charge in [-0.05, 0) is 24.8 Å². The van der Waals surface area contributed by atoms with Crippen molar-refractivity contribution in [3.05, 3.63) is 59.8 Å². The molecule has 2 aliphatic rings. The lowest BCUT2D eigenvalue weighted by atomic mass is 10.0. The van der Waals surface area contributed by atoms with E-state index in [-0.39, 0.29) is 17.7 Å². The van der Waals surface area contributed by atoms with Crippen molar-refractivity contribution in [3.8, 4) is 0 Å². The minimum absolute atomic E-state index is 0.0495. The first-order valence-corrected chi connectivity index (χ1v) is 11.3. The monoisotopic (exact) mass is 434 g/mol. The number of hydrogen-bond acceptors (Lipinski definition) is 5. The largest absolute Gasteiger partial charge is 0.300 e. The smallest absolute Gasteiger partial charge is 0.227 e. The van der Waals surface area contributed by atoms with Gasteiger partial charge in [-0.25, -0.2) is 14.3 Å². The molecule has 1 aromatic carbocycles. The first-order valence-electron chi connectivity index (χ1n) is 11.3. The second kappa shape index (κ2) is 9.46. The summed E-state index contributed by atoms with van der Waals surface area (Å²) in [5, 5.41) is 8.60. The van der Waals surface area contributed by atoms with Crippen LogP contribution in [0.1, 0.15) is 79.9 Å². The molecule has 0 bridgehead atoms. The van der Waals surface area contributed by atoms with E-state index < -0.39 is 0 Å². The number of ketones is 1. The molecule has 168 valence electrons. The quantitative estimate of drug-likeness (QED) is 0.580. The van der Waals surface area contributed by atoms with Crippen molar-refractivity contribution in [1.29, 1.82) is 0 Å².